The first-order chi connectivity index (χ1) is 17.4. The zero-order valence-electron chi connectivity index (χ0n) is 22.6. The van der Waals surface area contributed by atoms with Gasteiger partial charge in [0, 0.05) is 23.2 Å². The highest BCUT2D eigenvalue weighted by Gasteiger charge is 2.30. The molecule has 37 heavy (non-hydrogen) atoms. The monoisotopic (exact) mass is 530 g/mol. The zero-order chi connectivity index (χ0) is 27.3. The molecule has 7 nitrogen and oxygen atoms in total. The minimum Gasteiger partial charge on any atom is -0.480 e. The number of rotatable bonds is 9. The first-order valence-corrected chi connectivity index (χ1v) is 13.5. The van der Waals surface area contributed by atoms with Gasteiger partial charge in [-0.05, 0) is 102 Å². The lowest BCUT2D eigenvalue weighted by molar-refractivity contribution is -0.138. The SMILES string of the molecule is Cc1cc(F)ccc1NC(=O)Nc1cc(SC(C)(C)C(=O)O)ccc1N(CC(C)C)C1CCN(C)CC1. The molecule has 0 radical (unpaired) electrons. The van der Waals surface area contributed by atoms with Gasteiger partial charge in [0.2, 0.25) is 0 Å². The number of halogens is 1. The second-order valence-electron chi connectivity index (χ2n) is 10.7. The van der Waals surface area contributed by atoms with Crippen LogP contribution < -0.4 is 15.5 Å². The fraction of sp³-hybridized carbons (Fsp3) is 0.500. The number of urea groups is 1. The van der Waals surface area contributed by atoms with Crippen molar-refractivity contribution in [3.63, 3.8) is 0 Å². The van der Waals surface area contributed by atoms with Crippen LogP contribution in [0.4, 0.5) is 26.2 Å². The van der Waals surface area contributed by atoms with E-state index in [9.17, 15) is 19.1 Å². The number of piperidine rings is 1. The Morgan fingerprint density at radius 3 is 2.38 bits per heavy atom. The molecule has 9 heteroatoms. The Balaban J connectivity index is 1.96. The molecule has 0 unspecified atom stereocenters. The molecule has 3 rings (SSSR count). The molecule has 2 aromatic carbocycles. The number of nitrogens with one attached hydrogen (secondary N) is 2. The predicted octanol–water partition coefficient (Wildman–Crippen LogP) is 6.29. The van der Waals surface area contributed by atoms with Crippen LogP contribution in [0.1, 0.15) is 46.1 Å². The number of amides is 2. The average molecular weight is 531 g/mol. The summed E-state index contributed by atoms with van der Waals surface area (Å²) in [4.78, 5) is 30.3. The van der Waals surface area contributed by atoms with E-state index in [0.717, 1.165) is 43.1 Å². The minimum absolute atomic E-state index is 0.329. The molecule has 3 N–H and O–H groups in total. The van der Waals surface area contributed by atoms with Crippen LogP contribution in [0.5, 0.6) is 0 Å². The third kappa shape index (κ3) is 7.85. The summed E-state index contributed by atoms with van der Waals surface area (Å²) in [5, 5.41) is 15.4. The van der Waals surface area contributed by atoms with Gasteiger partial charge in [0.25, 0.3) is 0 Å². The zero-order valence-corrected chi connectivity index (χ0v) is 23.4. The molecule has 1 fully saturated rings. The summed E-state index contributed by atoms with van der Waals surface area (Å²) in [6.45, 7) is 12.3. The fourth-order valence-corrected chi connectivity index (χ4v) is 5.44. The maximum atomic E-state index is 13.5. The van der Waals surface area contributed by atoms with E-state index in [4.69, 9.17) is 0 Å². The number of aryl methyl sites for hydroxylation is 1. The van der Waals surface area contributed by atoms with Crippen LogP contribution >= 0.6 is 11.8 Å². The van der Waals surface area contributed by atoms with Gasteiger partial charge in [-0.1, -0.05) is 13.8 Å². The van der Waals surface area contributed by atoms with Crippen LogP contribution in [-0.4, -0.2) is 59.5 Å². The number of nitrogens with zero attached hydrogens (tertiary/aromatic N) is 2. The number of hydrogen-bond donors (Lipinski definition) is 3. The van der Waals surface area contributed by atoms with Crippen LogP contribution in [-0.2, 0) is 4.79 Å². The average Bonchev–Trinajstić information content (AvgIpc) is 2.80. The van der Waals surface area contributed by atoms with E-state index in [-0.39, 0.29) is 5.82 Å². The highest BCUT2D eigenvalue weighted by atomic mass is 32.2. The van der Waals surface area contributed by atoms with E-state index in [0.29, 0.717) is 28.9 Å². The van der Waals surface area contributed by atoms with Crippen LogP contribution in [0, 0.1) is 18.7 Å². The molecule has 202 valence electrons. The van der Waals surface area contributed by atoms with E-state index in [1.807, 2.05) is 18.2 Å². The second kappa shape index (κ2) is 12.2. The van der Waals surface area contributed by atoms with Crippen molar-refractivity contribution in [3.8, 4) is 0 Å². The van der Waals surface area contributed by atoms with Crippen LogP contribution in [0.25, 0.3) is 0 Å². The van der Waals surface area contributed by atoms with Crippen molar-refractivity contribution < 1.29 is 19.1 Å². The lowest BCUT2D eigenvalue weighted by Gasteiger charge is -2.40. The fourth-order valence-electron chi connectivity index (χ4n) is 4.45. The van der Waals surface area contributed by atoms with E-state index >= 15 is 0 Å². The van der Waals surface area contributed by atoms with Crippen molar-refractivity contribution in [2.75, 3.05) is 42.2 Å². The number of aliphatic carboxylic acids is 1. The van der Waals surface area contributed by atoms with Gasteiger partial charge in [-0.2, -0.15) is 0 Å². The number of likely N-dealkylation sites (tertiary alicyclic amines) is 1. The molecular formula is C28H39FN4O3S. The van der Waals surface area contributed by atoms with Gasteiger partial charge >= 0.3 is 12.0 Å². The van der Waals surface area contributed by atoms with Gasteiger partial charge in [0.05, 0.1) is 11.4 Å². The summed E-state index contributed by atoms with van der Waals surface area (Å²) in [6.07, 6.45) is 2.04. The first-order valence-electron chi connectivity index (χ1n) is 12.7. The van der Waals surface area contributed by atoms with E-state index in [2.05, 4.69) is 41.3 Å². The molecule has 0 spiro atoms. The van der Waals surface area contributed by atoms with Crippen LogP contribution in [0.3, 0.4) is 0 Å². The number of thioether (sulfide) groups is 1. The third-order valence-corrected chi connectivity index (χ3v) is 7.72. The van der Waals surface area contributed by atoms with E-state index in [1.54, 1.807) is 20.8 Å². The number of carbonyl (C=O) groups excluding carboxylic acids is 1. The Labute approximate surface area is 223 Å². The number of carboxylic acids is 1. The molecule has 2 amide bonds. The molecule has 1 saturated heterocycles. The van der Waals surface area contributed by atoms with Gasteiger partial charge in [0.1, 0.15) is 10.6 Å². The predicted molar refractivity (Wildman–Crippen MR) is 150 cm³/mol. The van der Waals surface area contributed by atoms with E-state index in [1.165, 1.54) is 30.0 Å². The Hall–Kier alpha value is -2.78. The summed E-state index contributed by atoms with van der Waals surface area (Å²) in [7, 11) is 2.13. The molecule has 1 aliphatic heterocycles. The molecule has 0 aliphatic carbocycles. The van der Waals surface area contributed by atoms with Crippen molar-refractivity contribution >= 4 is 40.8 Å². The standard InChI is InChI=1S/C28H39FN4O3S/c1-18(2)17-33(21-11-13-32(6)14-12-21)25-10-8-22(37-28(4,5)26(34)35)16-24(25)31-27(36)30-23-9-7-20(29)15-19(23)3/h7-10,15-16,18,21H,11-14,17H2,1-6H3,(H,34,35)(H2,30,31,36). The highest BCUT2D eigenvalue weighted by molar-refractivity contribution is 8.01. The molecule has 1 heterocycles. The smallest absolute Gasteiger partial charge is 0.323 e. The summed E-state index contributed by atoms with van der Waals surface area (Å²) in [5.74, 6) is -0.865. The Kier molecular flexibility index (Phi) is 9.47. The number of carbonyl (C=O) groups is 2. The van der Waals surface area contributed by atoms with E-state index < -0.39 is 16.7 Å². The van der Waals surface area contributed by atoms with Crippen LogP contribution in [0.2, 0.25) is 0 Å². The quantitative estimate of drug-likeness (QED) is 0.331. The molecule has 0 aromatic heterocycles. The van der Waals surface area contributed by atoms with Crippen molar-refractivity contribution in [1.29, 1.82) is 0 Å². The molecular weight excluding hydrogens is 491 g/mol. The van der Waals surface area contributed by atoms with Crippen molar-refractivity contribution in [1.82, 2.24) is 4.90 Å². The maximum absolute atomic E-state index is 13.5. The summed E-state index contributed by atoms with van der Waals surface area (Å²) in [5.41, 5.74) is 2.66. The number of carboxylic acid groups (broad SMARTS) is 1. The Morgan fingerprint density at radius 1 is 1.14 bits per heavy atom. The first kappa shape index (κ1) is 28.8. The largest absolute Gasteiger partial charge is 0.480 e. The number of benzene rings is 2. The minimum atomic E-state index is -1.03. The Bertz CT molecular complexity index is 1120. The number of anilines is 3. The van der Waals surface area contributed by atoms with Gasteiger partial charge in [-0.15, -0.1) is 11.8 Å². The number of hydrogen-bond acceptors (Lipinski definition) is 5. The van der Waals surface area contributed by atoms with Crippen molar-refractivity contribution in [2.24, 2.45) is 5.92 Å². The normalized spacial score (nSPS) is 15.0. The van der Waals surface area contributed by atoms with Gasteiger partial charge in [0.15, 0.2) is 0 Å². The lowest BCUT2D eigenvalue weighted by Crippen LogP contribution is -2.45. The lowest BCUT2D eigenvalue weighted by atomic mass is 10.0. The second-order valence-corrected chi connectivity index (χ2v) is 12.4. The van der Waals surface area contributed by atoms with Crippen molar-refractivity contribution in [3.05, 3.63) is 47.8 Å². The molecule has 0 saturated carbocycles. The topological polar surface area (TPSA) is 84.9 Å². The molecule has 0 atom stereocenters. The van der Waals surface area contributed by atoms with Crippen molar-refractivity contribution in [2.45, 2.75) is 63.1 Å². The third-order valence-electron chi connectivity index (χ3n) is 6.54. The van der Waals surface area contributed by atoms with Gasteiger partial charge in [-0.25, -0.2) is 9.18 Å². The summed E-state index contributed by atoms with van der Waals surface area (Å²) >= 11 is 1.24. The summed E-state index contributed by atoms with van der Waals surface area (Å²) in [6, 6.07) is 9.87. The molecule has 1 aliphatic rings. The Morgan fingerprint density at radius 2 is 1.78 bits per heavy atom. The van der Waals surface area contributed by atoms with Gasteiger partial charge < -0.3 is 25.5 Å². The molecule has 2 aromatic rings. The highest BCUT2D eigenvalue weighted by Crippen LogP contribution is 2.39. The van der Waals surface area contributed by atoms with Crippen LogP contribution in [0.15, 0.2) is 41.3 Å². The summed E-state index contributed by atoms with van der Waals surface area (Å²) < 4.78 is 12.5. The molecule has 0 bridgehead atoms. The maximum Gasteiger partial charge on any atom is 0.323 e. The van der Waals surface area contributed by atoms with Gasteiger partial charge in [-0.3, -0.25) is 4.79 Å².